The Morgan fingerprint density at radius 2 is 2.05 bits per heavy atom. The molecule has 0 fully saturated rings. The number of hydrogen-bond donors (Lipinski definition) is 1. The molecule has 0 saturated heterocycles. The zero-order valence-corrected chi connectivity index (χ0v) is 12.4. The highest BCUT2D eigenvalue weighted by atomic mass is 35.5. The Kier molecular flexibility index (Phi) is 5.21. The van der Waals surface area contributed by atoms with Gasteiger partial charge in [0.25, 0.3) is 0 Å². The van der Waals surface area contributed by atoms with Crippen LogP contribution in [0.1, 0.15) is 16.7 Å². The molecule has 0 atom stereocenters. The maximum absolute atomic E-state index is 13.6. The second-order valence-electron chi connectivity index (χ2n) is 4.51. The summed E-state index contributed by atoms with van der Waals surface area (Å²) in [7, 11) is 0. The Morgan fingerprint density at radius 3 is 2.71 bits per heavy atom. The van der Waals surface area contributed by atoms with Crippen LogP contribution in [0.5, 0.6) is 5.75 Å². The van der Waals surface area contributed by atoms with Gasteiger partial charge in [0.05, 0.1) is 6.54 Å². The van der Waals surface area contributed by atoms with Crippen LogP contribution in [0, 0.1) is 24.6 Å². The molecule has 0 heterocycles. The summed E-state index contributed by atoms with van der Waals surface area (Å²) >= 11 is 5.71. The first kappa shape index (κ1) is 15.4. The molecule has 0 amide bonds. The fraction of sp³-hybridized carbons (Fsp3) is 0.176. The summed E-state index contributed by atoms with van der Waals surface area (Å²) in [4.78, 5) is 0. The van der Waals surface area contributed by atoms with Crippen molar-refractivity contribution in [3.63, 3.8) is 0 Å². The van der Waals surface area contributed by atoms with E-state index >= 15 is 0 Å². The smallest absolute Gasteiger partial charge is 0.131 e. The summed E-state index contributed by atoms with van der Waals surface area (Å²) < 4.78 is 19.2. The quantitative estimate of drug-likeness (QED) is 0.878. The third-order valence-electron chi connectivity index (χ3n) is 2.93. The van der Waals surface area contributed by atoms with Crippen LogP contribution in [-0.4, -0.2) is 6.54 Å². The van der Waals surface area contributed by atoms with Crippen LogP contribution in [-0.2, 0) is 6.61 Å². The minimum absolute atomic E-state index is 0.149. The molecular weight excluding hydrogens is 289 g/mol. The van der Waals surface area contributed by atoms with Gasteiger partial charge in [-0.15, -0.1) is 0 Å². The van der Waals surface area contributed by atoms with Gasteiger partial charge >= 0.3 is 0 Å². The molecule has 0 aromatic heterocycles. The maximum Gasteiger partial charge on any atom is 0.131 e. The Labute approximate surface area is 128 Å². The van der Waals surface area contributed by atoms with Crippen LogP contribution in [0.15, 0.2) is 36.4 Å². The van der Waals surface area contributed by atoms with Crippen molar-refractivity contribution in [3.8, 4) is 17.6 Å². The predicted molar refractivity (Wildman–Crippen MR) is 82.9 cm³/mol. The van der Waals surface area contributed by atoms with E-state index in [2.05, 4.69) is 11.8 Å². The first-order valence-electron chi connectivity index (χ1n) is 6.46. The summed E-state index contributed by atoms with van der Waals surface area (Å²) in [5, 5.41) is 0.370. The highest BCUT2D eigenvalue weighted by Gasteiger charge is 2.05. The first-order valence-corrected chi connectivity index (χ1v) is 6.84. The first-order chi connectivity index (χ1) is 10.1. The average molecular weight is 304 g/mol. The summed E-state index contributed by atoms with van der Waals surface area (Å²) in [6.07, 6.45) is 0. The minimum atomic E-state index is -0.371. The molecule has 0 spiro atoms. The fourth-order valence-electron chi connectivity index (χ4n) is 1.81. The van der Waals surface area contributed by atoms with Crippen LogP contribution in [0.4, 0.5) is 4.39 Å². The van der Waals surface area contributed by atoms with Crippen molar-refractivity contribution in [2.24, 2.45) is 5.73 Å². The van der Waals surface area contributed by atoms with Crippen molar-refractivity contribution < 1.29 is 9.13 Å². The number of halogens is 2. The summed E-state index contributed by atoms with van der Waals surface area (Å²) in [6, 6.07) is 10.1. The van der Waals surface area contributed by atoms with E-state index in [1.165, 1.54) is 6.07 Å². The number of benzene rings is 2. The topological polar surface area (TPSA) is 35.2 Å². The van der Waals surface area contributed by atoms with Crippen molar-refractivity contribution in [1.29, 1.82) is 0 Å². The predicted octanol–water partition coefficient (Wildman–Crippen LogP) is 3.68. The van der Waals surface area contributed by atoms with Gasteiger partial charge in [0.2, 0.25) is 0 Å². The Balaban J connectivity index is 2.08. The van der Waals surface area contributed by atoms with E-state index < -0.39 is 0 Å². The molecule has 0 unspecified atom stereocenters. The normalized spacial score (nSPS) is 9.90. The van der Waals surface area contributed by atoms with E-state index in [1.807, 2.05) is 19.1 Å². The van der Waals surface area contributed by atoms with Crippen LogP contribution in [0.2, 0.25) is 5.02 Å². The fourth-order valence-corrected chi connectivity index (χ4v) is 1.97. The zero-order chi connectivity index (χ0) is 15.2. The third kappa shape index (κ3) is 4.22. The summed E-state index contributed by atoms with van der Waals surface area (Å²) in [5.41, 5.74) is 7.71. The molecule has 0 radical (unpaired) electrons. The molecule has 0 saturated carbocycles. The third-order valence-corrected chi connectivity index (χ3v) is 3.17. The molecular formula is C17H15ClFNO. The van der Waals surface area contributed by atoms with Gasteiger partial charge in [-0.05, 0) is 42.8 Å². The number of aryl methyl sites for hydroxylation is 1. The van der Waals surface area contributed by atoms with Gasteiger partial charge < -0.3 is 10.5 Å². The Bertz CT molecular complexity index is 704. The SMILES string of the molecule is Cc1cc(OCc2ccc(Cl)cc2F)ccc1C#CCN. The number of nitrogens with two attached hydrogens (primary N) is 1. The Hall–Kier alpha value is -2.02. The van der Waals surface area contributed by atoms with Gasteiger partial charge in [0.1, 0.15) is 18.2 Å². The van der Waals surface area contributed by atoms with E-state index in [1.54, 1.807) is 18.2 Å². The number of hydrogen-bond acceptors (Lipinski definition) is 2. The summed E-state index contributed by atoms with van der Waals surface area (Å²) in [5.74, 6) is 6.09. The molecule has 0 aliphatic rings. The minimum Gasteiger partial charge on any atom is -0.489 e. The molecule has 0 aliphatic carbocycles. The van der Waals surface area contributed by atoms with Gasteiger partial charge in [0.15, 0.2) is 0 Å². The van der Waals surface area contributed by atoms with Crippen LogP contribution >= 0.6 is 11.6 Å². The molecule has 108 valence electrons. The monoisotopic (exact) mass is 303 g/mol. The van der Waals surface area contributed by atoms with Gasteiger partial charge in [-0.25, -0.2) is 4.39 Å². The largest absolute Gasteiger partial charge is 0.489 e. The van der Waals surface area contributed by atoms with E-state index in [-0.39, 0.29) is 12.4 Å². The molecule has 2 aromatic rings. The number of ether oxygens (including phenoxy) is 1. The van der Waals surface area contributed by atoms with Crippen LogP contribution in [0.3, 0.4) is 0 Å². The lowest BCUT2D eigenvalue weighted by Gasteiger charge is -2.09. The molecule has 2 nitrogen and oxygen atoms in total. The lowest BCUT2D eigenvalue weighted by molar-refractivity contribution is 0.299. The average Bonchev–Trinajstić information content (AvgIpc) is 2.45. The molecule has 2 N–H and O–H groups in total. The van der Waals surface area contributed by atoms with E-state index in [9.17, 15) is 4.39 Å². The summed E-state index contributed by atoms with van der Waals surface area (Å²) in [6.45, 7) is 2.42. The second kappa shape index (κ2) is 7.12. The molecule has 0 aliphatic heterocycles. The van der Waals surface area contributed by atoms with E-state index in [0.29, 0.717) is 22.9 Å². The van der Waals surface area contributed by atoms with Gasteiger partial charge in [0, 0.05) is 16.1 Å². The van der Waals surface area contributed by atoms with Gasteiger partial charge in [-0.3, -0.25) is 0 Å². The van der Waals surface area contributed by atoms with E-state index in [0.717, 1.165) is 11.1 Å². The lowest BCUT2D eigenvalue weighted by Crippen LogP contribution is -1.99. The standard InChI is InChI=1S/C17H15ClFNO/c1-12-9-16(7-5-13(12)3-2-8-20)21-11-14-4-6-15(18)10-17(14)19/h4-7,9-10H,8,11,20H2,1H3. The highest BCUT2D eigenvalue weighted by Crippen LogP contribution is 2.20. The van der Waals surface area contributed by atoms with Gasteiger partial charge in [-0.2, -0.15) is 0 Å². The van der Waals surface area contributed by atoms with Crippen LogP contribution in [0.25, 0.3) is 0 Å². The van der Waals surface area contributed by atoms with Crippen molar-refractivity contribution in [2.75, 3.05) is 6.54 Å². The van der Waals surface area contributed by atoms with Crippen molar-refractivity contribution >= 4 is 11.6 Å². The maximum atomic E-state index is 13.6. The van der Waals surface area contributed by atoms with Crippen molar-refractivity contribution in [3.05, 3.63) is 63.9 Å². The Morgan fingerprint density at radius 1 is 1.24 bits per heavy atom. The number of rotatable bonds is 3. The zero-order valence-electron chi connectivity index (χ0n) is 11.6. The van der Waals surface area contributed by atoms with Crippen molar-refractivity contribution in [2.45, 2.75) is 13.5 Å². The van der Waals surface area contributed by atoms with E-state index in [4.69, 9.17) is 22.1 Å². The molecule has 4 heteroatoms. The van der Waals surface area contributed by atoms with Gasteiger partial charge in [-0.1, -0.05) is 29.5 Å². The molecule has 2 aromatic carbocycles. The van der Waals surface area contributed by atoms with Crippen molar-refractivity contribution in [1.82, 2.24) is 0 Å². The highest BCUT2D eigenvalue weighted by molar-refractivity contribution is 6.30. The lowest BCUT2D eigenvalue weighted by atomic mass is 10.1. The second-order valence-corrected chi connectivity index (χ2v) is 4.94. The molecule has 0 bridgehead atoms. The molecule has 2 rings (SSSR count). The molecule has 21 heavy (non-hydrogen) atoms. The van der Waals surface area contributed by atoms with Crippen LogP contribution < -0.4 is 10.5 Å².